The van der Waals surface area contributed by atoms with Gasteiger partial charge in [-0.25, -0.2) is 0 Å². The third-order valence-corrected chi connectivity index (χ3v) is 3.83. The smallest absolute Gasteiger partial charge is 0.230 e. The van der Waals surface area contributed by atoms with E-state index >= 15 is 0 Å². The average molecular weight is 247 g/mol. The van der Waals surface area contributed by atoms with Gasteiger partial charge in [0, 0.05) is 51.4 Å². The summed E-state index contributed by atoms with van der Waals surface area (Å²) in [5.41, 5.74) is 1.26. The third-order valence-electron chi connectivity index (χ3n) is 3.83. The number of carbonyl (C=O) groups excluding carboxylic acids is 2. The van der Waals surface area contributed by atoms with Crippen LogP contribution in [0.15, 0.2) is 18.3 Å². The molecule has 0 spiro atoms. The molecule has 2 saturated heterocycles. The van der Waals surface area contributed by atoms with Gasteiger partial charge in [-0.1, -0.05) is 0 Å². The topological polar surface area (TPSA) is 45.5 Å². The van der Waals surface area contributed by atoms with Crippen LogP contribution in [0.1, 0.15) is 18.5 Å². The Morgan fingerprint density at radius 2 is 1.89 bits per heavy atom. The van der Waals surface area contributed by atoms with E-state index in [9.17, 15) is 9.59 Å². The van der Waals surface area contributed by atoms with Gasteiger partial charge in [0.05, 0.1) is 6.04 Å². The van der Waals surface area contributed by atoms with Crippen molar-refractivity contribution in [2.45, 2.75) is 25.4 Å². The maximum absolute atomic E-state index is 11.6. The Bertz CT molecular complexity index is 472. The molecule has 2 aliphatic rings. The number of imide groups is 1. The van der Waals surface area contributed by atoms with Crippen LogP contribution in [0.3, 0.4) is 0 Å². The molecule has 2 aliphatic heterocycles. The van der Waals surface area contributed by atoms with E-state index in [4.69, 9.17) is 0 Å². The van der Waals surface area contributed by atoms with E-state index in [-0.39, 0.29) is 17.9 Å². The quantitative estimate of drug-likeness (QED) is 0.724. The number of hydrogen-bond acceptors (Lipinski definition) is 3. The van der Waals surface area contributed by atoms with E-state index in [1.165, 1.54) is 10.6 Å². The van der Waals surface area contributed by atoms with Gasteiger partial charge in [-0.3, -0.25) is 19.4 Å². The molecule has 0 atom stereocenters. The van der Waals surface area contributed by atoms with E-state index in [2.05, 4.69) is 15.5 Å². The Morgan fingerprint density at radius 1 is 1.22 bits per heavy atom. The molecule has 96 valence electrons. The predicted octanol–water partition coefficient (Wildman–Crippen LogP) is 0.358. The maximum atomic E-state index is 11.6. The van der Waals surface area contributed by atoms with Crippen LogP contribution >= 0.6 is 0 Å². The zero-order chi connectivity index (χ0) is 12.7. The molecule has 3 heterocycles. The molecule has 0 saturated carbocycles. The zero-order valence-electron chi connectivity index (χ0n) is 10.5. The number of amides is 2. The highest BCUT2D eigenvalue weighted by Crippen LogP contribution is 2.23. The number of nitrogens with zero attached hydrogens (tertiary/aromatic N) is 3. The Balaban J connectivity index is 1.56. The average Bonchev–Trinajstić information content (AvgIpc) is 2.81. The lowest BCUT2D eigenvalue weighted by Crippen LogP contribution is -2.60. The molecule has 3 rings (SSSR count). The van der Waals surface area contributed by atoms with Crippen molar-refractivity contribution in [2.24, 2.45) is 7.05 Å². The minimum absolute atomic E-state index is 0.00326. The Kier molecular flexibility index (Phi) is 2.70. The lowest BCUT2D eigenvalue weighted by Gasteiger charge is -2.43. The number of rotatable bonds is 3. The Labute approximate surface area is 106 Å². The number of aryl methyl sites for hydroxylation is 1. The van der Waals surface area contributed by atoms with Crippen LogP contribution in [0.25, 0.3) is 0 Å². The van der Waals surface area contributed by atoms with E-state index in [1.807, 2.05) is 19.3 Å². The van der Waals surface area contributed by atoms with Crippen LogP contribution in [0, 0.1) is 0 Å². The lowest BCUT2D eigenvalue weighted by atomic mass is 10.1. The molecule has 0 radical (unpaired) electrons. The second-order valence-electron chi connectivity index (χ2n) is 5.12. The number of likely N-dealkylation sites (tertiary alicyclic amines) is 2. The molecule has 1 aromatic heterocycles. The molecule has 0 aliphatic carbocycles. The summed E-state index contributed by atoms with van der Waals surface area (Å²) in [6.07, 6.45) is 2.82. The fourth-order valence-electron chi connectivity index (χ4n) is 2.73. The minimum atomic E-state index is 0.00326. The van der Waals surface area contributed by atoms with Crippen molar-refractivity contribution < 1.29 is 9.59 Å². The first-order chi connectivity index (χ1) is 8.65. The molecule has 0 N–H and O–H groups in total. The standard InChI is InChI=1S/C13H17N3O2/c1-14-6-2-3-10(14)7-15-8-11(9-15)16-12(17)4-5-13(16)18/h2-3,6,11H,4-5,7-9H2,1H3. The second kappa shape index (κ2) is 4.24. The fourth-order valence-corrected chi connectivity index (χ4v) is 2.73. The molecule has 2 amide bonds. The second-order valence-corrected chi connectivity index (χ2v) is 5.12. The molecule has 0 aromatic carbocycles. The molecule has 0 unspecified atom stereocenters. The summed E-state index contributed by atoms with van der Waals surface area (Å²) in [7, 11) is 2.03. The highest BCUT2D eigenvalue weighted by atomic mass is 16.2. The molecule has 18 heavy (non-hydrogen) atoms. The minimum Gasteiger partial charge on any atom is -0.353 e. The summed E-state index contributed by atoms with van der Waals surface area (Å²) in [6, 6.07) is 4.23. The van der Waals surface area contributed by atoms with Gasteiger partial charge in [0.15, 0.2) is 0 Å². The zero-order valence-corrected chi connectivity index (χ0v) is 10.5. The van der Waals surface area contributed by atoms with E-state index < -0.39 is 0 Å². The van der Waals surface area contributed by atoms with Gasteiger partial charge in [0.25, 0.3) is 0 Å². The van der Waals surface area contributed by atoms with Crippen molar-refractivity contribution in [1.29, 1.82) is 0 Å². The van der Waals surface area contributed by atoms with Crippen LogP contribution in [0.2, 0.25) is 0 Å². The highest BCUT2D eigenvalue weighted by molar-refractivity contribution is 6.02. The van der Waals surface area contributed by atoms with Gasteiger partial charge < -0.3 is 4.57 Å². The highest BCUT2D eigenvalue weighted by Gasteiger charge is 2.41. The van der Waals surface area contributed by atoms with Gasteiger partial charge >= 0.3 is 0 Å². The number of carbonyl (C=O) groups is 2. The lowest BCUT2D eigenvalue weighted by molar-refractivity contribution is -0.145. The predicted molar refractivity (Wildman–Crippen MR) is 65.6 cm³/mol. The Morgan fingerprint density at radius 3 is 2.44 bits per heavy atom. The monoisotopic (exact) mass is 247 g/mol. The van der Waals surface area contributed by atoms with Crippen LogP contribution in [0.4, 0.5) is 0 Å². The third kappa shape index (κ3) is 1.84. The summed E-state index contributed by atoms with van der Waals surface area (Å²) in [6.45, 7) is 2.50. The van der Waals surface area contributed by atoms with E-state index in [1.54, 1.807) is 0 Å². The normalized spacial score (nSPS) is 21.7. The molecule has 5 nitrogen and oxygen atoms in total. The summed E-state index contributed by atoms with van der Waals surface area (Å²) < 4.78 is 2.10. The van der Waals surface area contributed by atoms with Gasteiger partial charge in [-0.2, -0.15) is 0 Å². The molecular formula is C13H17N3O2. The summed E-state index contributed by atoms with van der Waals surface area (Å²) >= 11 is 0. The van der Waals surface area contributed by atoms with E-state index in [0.717, 1.165) is 19.6 Å². The van der Waals surface area contributed by atoms with Gasteiger partial charge in [-0.05, 0) is 12.1 Å². The molecular weight excluding hydrogens is 230 g/mol. The molecule has 5 heteroatoms. The van der Waals surface area contributed by atoms with Crippen molar-refractivity contribution in [3.63, 3.8) is 0 Å². The number of hydrogen-bond donors (Lipinski definition) is 0. The largest absolute Gasteiger partial charge is 0.353 e. The van der Waals surface area contributed by atoms with Crippen molar-refractivity contribution >= 4 is 11.8 Å². The first-order valence-electron chi connectivity index (χ1n) is 6.32. The summed E-state index contributed by atoms with van der Waals surface area (Å²) in [4.78, 5) is 26.9. The number of aromatic nitrogens is 1. The molecule has 0 bridgehead atoms. The fraction of sp³-hybridized carbons (Fsp3) is 0.538. The van der Waals surface area contributed by atoms with Gasteiger partial charge in [-0.15, -0.1) is 0 Å². The van der Waals surface area contributed by atoms with Crippen LogP contribution in [-0.2, 0) is 23.2 Å². The summed E-state index contributed by atoms with van der Waals surface area (Å²) in [5, 5.41) is 0. The van der Waals surface area contributed by atoms with Gasteiger partial charge in [0.1, 0.15) is 0 Å². The Hall–Kier alpha value is -1.62. The molecule has 1 aromatic rings. The van der Waals surface area contributed by atoms with E-state index in [0.29, 0.717) is 12.8 Å². The SMILES string of the molecule is Cn1cccc1CN1CC(N2C(=O)CCC2=O)C1. The van der Waals surface area contributed by atoms with Crippen LogP contribution < -0.4 is 0 Å². The van der Waals surface area contributed by atoms with Crippen LogP contribution in [0.5, 0.6) is 0 Å². The first kappa shape index (κ1) is 11.5. The molecule has 2 fully saturated rings. The van der Waals surface area contributed by atoms with Crippen LogP contribution in [-0.4, -0.2) is 45.3 Å². The van der Waals surface area contributed by atoms with Crippen molar-refractivity contribution in [2.75, 3.05) is 13.1 Å². The first-order valence-corrected chi connectivity index (χ1v) is 6.32. The maximum Gasteiger partial charge on any atom is 0.230 e. The van der Waals surface area contributed by atoms with Crippen molar-refractivity contribution in [3.05, 3.63) is 24.0 Å². The van der Waals surface area contributed by atoms with Gasteiger partial charge in [0.2, 0.25) is 11.8 Å². The van der Waals surface area contributed by atoms with Crippen molar-refractivity contribution in [3.8, 4) is 0 Å². The van der Waals surface area contributed by atoms with Crippen molar-refractivity contribution in [1.82, 2.24) is 14.4 Å². The summed E-state index contributed by atoms with van der Waals surface area (Å²) in [5.74, 6) is 0.00651.